The number of benzene rings is 1. The molecule has 0 radical (unpaired) electrons. The van der Waals surface area contributed by atoms with Crippen molar-refractivity contribution in [3.05, 3.63) is 40.9 Å². The molecule has 3 rings (SSSR count). The van der Waals surface area contributed by atoms with E-state index in [1.54, 1.807) is 4.90 Å². The van der Waals surface area contributed by atoms with Gasteiger partial charge in [0.1, 0.15) is 5.01 Å². The van der Waals surface area contributed by atoms with E-state index in [4.69, 9.17) is 0 Å². The van der Waals surface area contributed by atoms with E-state index in [9.17, 15) is 9.90 Å². The average Bonchev–Trinajstić information content (AvgIpc) is 3.24. The first-order valence-corrected chi connectivity index (χ1v) is 8.92. The van der Waals surface area contributed by atoms with E-state index in [-0.39, 0.29) is 24.1 Å². The summed E-state index contributed by atoms with van der Waals surface area (Å²) in [6.45, 7) is 4.85. The highest BCUT2D eigenvalue weighted by molar-refractivity contribution is 7.15. The van der Waals surface area contributed by atoms with E-state index in [2.05, 4.69) is 41.5 Å². The van der Waals surface area contributed by atoms with Crippen molar-refractivity contribution in [2.75, 3.05) is 18.5 Å². The number of anilines is 1. The maximum Gasteiger partial charge on any atom is 0.324 e. The summed E-state index contributed by atoms with van der Waals surface area (Å²) in [6, 6.07) is 9.81. The minimum atomic E-state index is -0.275. The zero-order valence-corrected chi connectivity index (χ0v) is 14.7. The first-order chi connectivity index (χ1) is 11.5. The van der Waals surface area contributed by atoms with Crippen LogP contribution in [0.3, 0.4) is 0 Å². The van der Waals surface area contributed by atoms with Crippen molar-refractivity contribution in [1.82, 2.24) is 15.1 Å². The van der Waals surface area contributed by atoms with E-state index in [0.717, 1.165) is 23.4 Å². The van der Waals surface area contributed by atoms with Crippen LogP contribution < -0.4 is 5.32 Å². The van der Waals surface area contributed by atoms with Gasteiger partial charge in [-0.15, -0.1) is 10.2 Å². The molecule has 0 spiro atoms. The maximum absolute atomic E-state index is 12.4. The van der Waals surface area contributed by atoms with Gasteiger partial charge in [-0.1, -0.05) is 41.7 Å². The van der Waals surface area contributed by atoms with Crippen molar-refractivity contribution in [3.8, 4) is 0 Å². The minimum absolute atomic E-state index is 0.00414. The van der Waals surface area contributed by atoms with Crippen molar-refractivity contribution >= 4 is 22.5 Å². The molecule has 0 bridgehead atoms. The Bertz CT molecular complexity index is 702. The number of rotatable bonds is 4. The van der Waals surface area contributed by atoms with E-state index in [0.29, 0.717) is 11.7 Å². The Balaban J connectivity index is 1.73. The SMILES string of the molecule is CC(C)(c1ccccc1)c1nnc(NC(=O)N2CCC[C@H]2CO)s1. The topological polar surface area (TPSA) is 78.4 Å². The summed E-state index contributed by atoms with van der Waals surface area (Å²) in [4.78, 5) is 14.0. The standard InChI is InChI=1S/C17H22N4O2S/c1-17(2,12-7-4-3-5-8-12)14-19-20-15(24-14)18-16(23)21-10-6-9-13(21)11-22/h3-5,7-8,13,22H,6,9-11H2,1-2H3,(H,18,20,23)/t13-/m0/s1. The van der Waals surface area contributed by atoms with Crippen molar-refractivity contribution in [2.24, 2.45) is 0 Å². The Hall–Kier alpha value is -1.99. The molecule has 1 aromatic heterocycles. The lowest BCUT2D eigenvalue weighted by molar-refractivity contribution is 0.166. The predicted molar refractivity (Wildman–Crippen MR) is 94.3 cm³/mol. The minimum Gasteiger partial charge on any atom is -0.394 e. The first kappa shape index (κ1) is 16.9. The second-order valence-electron chi connectivity index (χ2n) is 6.51. The van der Waals surface area contributed by atoms with Gasteiger partial charge in [0, 0.05) is 12.0 Å². The van der Waals surface area contributed by atoms with Crippen LogP contribution >= 0.6 is 11.3 Å². The highest BCUT2D eigenvalue weighted by atomic mass is 32.1. The highest BCUT2D eigenvalue weighted by Crippen LogP contribution is 2.34. The van der Waals surface area contributed by atoms with Gasteiger partial charge in [0.2, 0.25) is 5.13 Å². The molecule has 7 heteroatoms. The van der Waals surface area contributed by atoms with E-state index in [1.165, 1.54) is 11.3 Å². The normalized spacial score (nSPS) is 18.0. The van der Waals surface area contributed by atoms with Crippen LogP contribution in [0.4, 0.5) is 9.93 Å². The molecule has 24 heavy (non-hydrogen) atoms. The van der Waals surface area contributed by atoms with Gasteiger partial charge < -0.3 is 10.0 Å². The molecular formula is C17H22N4O2S. The molecule has 0 aliphatic carbocycles. The Labute approximate surface area is 145 Å². The van der Waals surface area contributed by atoms with Gasteiger partial charge in [0.25, 0.3) is 0 Å². The van der Waals surface area contributed by atoms with E-state index < -0.39 is 0 Å². The molecule has 6 nitrogen and oxygen atoms in total. The molecule has 1 saturated heterocycles. The third-order valence-corrected chi connectivity index (χ3v) is 5.68. The number of hydrogen-bond donors (Lipinski definition) is 2. The number of likely N-dealkylation sites (tertiary alicyclic amines) is 1. The molecule has 1 aliphatic heterocycles. The molecule has 1 aliphatic rings. The van der Waals surface area contributed by atoms with Crippen LogP contribution in [0.15, 0.2) is 30.3 Å². The molecule has 0 unspecified atom stereocenters. The molecule has 0 saturated carbocycles. The van der Waals surface area contributed by atoms with Crippen molar-refractivity contribution in [3.63, 3.8) is 0 Å². The molecule has 2 heterocycles. The van der Waals surface area contributed by atoms with Gasteiger partial charge in [-0.2, -0.15) is 0 Å². The summed E-state index contributed by atoms with van der Waals surface area (Å²) in [5, 5.41) is 21.9. The maximum atomic E-state index is 12.4. The largest absolute Gasteiger partial charge is 0.394 e. The molecule has 2 N–H and O–H groups in total. The second-order valence-corrected chi connectivity index (χ2v) is 7.48. The number of nitrogens with zero attached hydrogens (tertiary/aromatic N) is 3. The third kappa shape index (κ3) is 3.27. The number of amides is 2. The summed E-state index contributed by atoms with van der Waals surface area (Å²) < 4.78 is 0. The summed E-state index contributed by atoms with van der Waals surface area (Å²) >= 11 is 1.39. The van der Waals surface area contributed by atoms with Crippen molar-refractivity contribution in [2.45, 2.75) is 38.1 Å². The molecule has 1 fully saturated rings. The summed E-state index contributed by atoms with van der Waals surface area (Å²) in [5.74, 6) is 0. The molecule has 2 aromatic rings. The van der Waals surface area contributed by atoms with E-state index >= 15 is 0 Å². The van der Waals surface area contributed by atoms with Crippen LogP contribution in [-0.2, 0) is 5.41 Å². The van der Waals surface area contributed by atoms with Crippen molar-refractivity contribution < 1.29 is 9.90 Å². The average molecular weight is 346 g/mol. The fourth-order valence-corrected chi connectivity index (χ4v) is 3.82. The Morgan fingerprint density at radius 2 is 2.12 bits per heavy atom. The first-order valence-electron chi connectivity index (χ1n) is 8.10. The zero-order valence-electron chi connectivity index (χ0n) is 13.9. The lowest BCUT2D eigenvalue weighted by atomic mass is 9.85. The molecular weight excluding hydrogens is 324 g/mol. The van der Waals surface area contributed by atoms with Crippen LogP contribution in [-0.4, -0.2) is 45.4 Å². The lowest BCUT2D eigenvalue weighted by Gasteiger charge is -2.22. The molecule has 2 amide bonds. The van der Waals surface area contributed by atoms with Gasteiger partial charge in [-0.25, -0.2) is 4.79 Å². The van der Waals surface area contributed by atoms with Crippen molar-refractivity contribution in [1.29, 1.82) is 0 Å². The number of hydrogen-bond acceptors (Lipinski definition) is 5. The summed E-state index contributed by atoms with van der Waals surface area (Å²) in [6.07, 6.45) is 1.76. The second kappa shape index (κ2) is 6.86. The van der Waals surface area contributed by atoms with Gasteiger partial charge in [0.05, 0.1) is 12.6 Å². The lowest BCUT2D eigenvalue weighted by Crippen LogP contribution is -2.40. The predicted octanol–water partition coefficient (Wildman–Crippen LogP) is 2.85. The number of urea groups is 1. The smallest absolute Gasteiger partial charge is 0.324 e. The Morgan fingerprint density at radius 3 is 2.83 bits per heavy atom. The Kier molecular flexibility index (Phi) is 4.82. The number of aromatic nitrogens is 2. The van der Waals surface area contributed by atoms with Gasteiger partial charge in [-0.05, 0) is 32.3 Å². The highest BCUT2D eigenvalue weighted by Gasteiger charge is 2.30. The fraction of sp³-hybridized carbons (Fsp3) is 0.471. The van der Waals surface area contributed by atoms with Gasteiger partial charge in [-0.3, -0.25) is 5.32 Å². The number of aliphatic hydroxyl groups is 1. The van der Waals surface area contributed by atoms with Crippen LogP contribution in [0.5, 0.6) is 0 Å². The summed E-state index contributed by atoms with van der Waals surface area (Å²) in [7, 11) is 0. The summed E-state index contributed by atoms with van der Waals surface area (Å²) in [5.41, 5.74) is 0.877. The van der Waals surface area contributed by atoms with Gasteiger partial charge in [0.15, 0.2) is 0 Å². The Morgan fingerprint density at radius 1 is 1.38 bits per heavy atom. The zero-order chi connectivity index (χ0) is 17.2. The van der Waals surface area contributed by atoms with E-state index in [1.807, 2.05) is 18.2 Å². The molecule has 1 aromatic carbocycles. The monoisotopic (exact) mass is 346 g/mol. The third-order valence-electron chi connectivity index (χ3n) is 4.52. The van der Waals surface area contributed by atoms with Crippen LogP contribution in [0, 0.1) is 0 Å². The van der Waals surface area contributed by atoms with Crippen LogP contribution in [0.25, 0.3) is 0 Å². The number of carbonyl (C=O) groups excluding carboxylic acids is 1. The number of aliphatic hydroxyl groups excluding tert-OH is 1. The molecule has 1 atom stereocenters. The van der Waals surface area contributed by atoms with Crippen LogP contribution in [0.2, 0.25) is 0 Å². The number of carbonyl (C=O) groups is 1. The van der Waals surface area contributed by atoms with Crippen LogP contribution in [0.1, 0.15) is 37.3 Å². The number of nitrogens with one attached hydrogen (secondary N) is 1. The van der Waals surface area contributed by atoms with Gasteiger partial charge >= 0.3 is 6.03 Å². The fourth-order valence-electron chi connectivity index (χ4n) is 2.96. The quantitative estimate of drug-likeness (QED) is 0.892. The molecule has 128 valence electrons.